The Bertz CT molecular complexity index is 487. The number of esters is 1. The minimum atomic E-state index is -1.72. The lowest BCUT2D eigenvalue weighted by atomic mass is 9.97. The number of carbonyl (C=O) groups is 1. The highest BCUT2D eigenvalue weighted by Gasteiger charge is 2.50. The van der Waals surface area contributed by atoms with E-state index in [-0.39, 0.29) is 6.61 Å². The van der Waals surface area contributed by atoms with E-state index in [1.54, 1.807) is 0 Å². The molecule has 0 amide bonds. The Kier molecular flexibility index (Phi) is 7.88. The predicted octanol–water partition coefficient (Wildman–Crippen LogP) is -4.17. The molecular weight excluding hydrogens is 372 g/mol. The summed E-state index contributed by atoms with van der Waals surface area (Å²) in [5.74, 6) is -0.614. The van der Waals surface area contributed by atoms with Gasteiger partial charge in [0.15, 0.2) is 12.6 Å². The van der Waals surface area contributed by atoms with Crippen LogP contribution in [0.25, 0.3) is 0 Å². The lowest BCUT2D eigenvalue weighted by Crippen LogP contribution is -2.64. The lowest BCUT2D eigenvalue weighted by molar-refractivity contribution is -0.358. The van der Waals surface area contributed by atoms with E-state index in [0.29, 0.717) is 0 Å². The molecule has 0 bridgehead atoms. The Morgan fingerprint density at radius 2 is 1.52 bits per heavy atom. The monoisotopic (exact) mass is 398 g/mol. The Morgan fingerprint density at radius 1 is 0.889 bits per heavy atom. The molecule has 0 spiro atoms. The van der Waals surface area contributed by atoms with Crippen LogP contribution in [0.1, 0.15) is 6.92 Å². The maximum atomic E-state index is 11.0. The van der Waals surface area contributed by atoms with Gasteiger partial charge < -0.3 is 54.3 Å². The molecule has 12 nitrogen and oxygen atoms in total. The van der Waals surface area contributed by atoms with Crippen molar-refractivity contribution in [2.45, 2.75) is 68.3 Å². The number of hydrogen-bond acceptors (Lipinski definition) is 12. The zero-order valence-corrected chi connectivity index (χ0v) is 14.8. The number of methoxy groups -OCH3 is 1. The van der Waals surface area contributed by atoms with E-state index in [9.17, 15) is 35.4 Å². The topological polar surface area (TPSA) is 185 Å². The first kappa shape index (κ1) is 22.4. The molecule has 0 unspecified atom stereocenters. The number of hydrogen-bond donors (Lipinski definition) is 6. The first-order valence-corrected chi connectivity index (χ1v) is 8.35. The fourth-order valence-electron chi connectivity index (χ4n) is 2.93. The molecular formula is C15H26O12. The van der Waals surface area contributed by atoms with Crippen molar-refractivity contribution < 1.29 is 59.1 Å². The summed E-state index contributed by atoms with van der Waals surface area (Å²) in [5, 5.41) is 59.6. The second-order valence-corrected chi connectivity index (χ2v) is 6.36. The van der Waals surface area contributed by atoms with Gasteiger partial charge in [-0.1, -0.05) is 0 Å². The van der Waals surface area contributed by atoms with Crippen LogP contribution in [-0.2, 0) is 28.5 Å². The number of aliphatic hydroxyl groups is 6. The van der Waals surface area contributed by atoms with Gasteiger partial charge in [-0.2, -0.15) is 0 Å². The molecule has 0 saturated carbocycles. The molecule has 158 valence electrons. The van der Waals surface area contributed by atoms with Crippen molar-refractivity contribution in [2.75, 3.05) is 20.3 Å². The highest BCUT2D eigenvalue weighted by molar-refractivity contribution is 5.65. The van der Waals surface area contributed by atoms with Crippen LogP contribution in [0.4, 0.5) is 0 Å². The van der Waals surface area contributed by atoms with Gasteiger partial charge in [0.1, 0.15) is 55.4 Å². The van der Waals surface area contributed by atoms with Gasteiger partial charge in [-0.05, 0) is 0 Å². The number of rotatable bonds is 6. The standard InChI is InChI=1S/C15H26O12/c1-5(17)24-4-7-9(19)13(12(22)14(23-2)26-7)27-15-11(21)10(20)8(18)6(3-16)25-15/h6-16,18-22H,3-4H2,1-2H3/t6-,7-,8+,9-,10+,11-,12+,13+,14+,15+/m1/s1. The van der Waals surface area contributed by atoms with E-state index in [2.05, 4.69) is 0 Å². The maximum Gasteiger partial charge on any atom is 0.302 e. The summed E-state index contributed by atoms with van der Waals surface area (Å²) in [6.07, 6.45) is -14.6. The highest BCUT2D eigenvalue weighted by Crippen LogP contribution is 2.29. The third-order valence-corrected chi connectivity index (χ3v) is 4.46. The summed E-state index contributed by atoms with van der Waals surface area (Å²) in [7, 11) is 1.24. The highest BCUT2D eigenvalue weighted by atomic mass is 16.7. The van der Waals surface area contributed by atoms with Crippen LogP contribution in [0.15, 0.2) is 0 Å². The van der Waals surface area contributed by atoms with Crippen LogP contribution in [0.5, 0.6) is 0 Å². The molecule has 0 aromatic heterocycles. The van der Waals surface area contributed by atoms with Gasteiger partial charge in [0.25, 0.3) is 0 Å². The third-order valence-electron chi connectivity index (χ3n) is 4.46. The van der Waals surface area contributed by atoms with Crippen molar-refractivity contribution in [2.24, 2.45) is 0 Å². The van der Waals surface area contributed by atoms with Crippen LogP contribution < -0.4 is 0 Å². The van der Waals surface area contributed by atoms with Crippen molar-refractivity contribution in [1.29, 1.82) is 0 Å². The molecule has 2 aliphatic rings. The smallest absolute Gasteiger partial charge is 0.302 e. The second-order valence-electron chi connectivity index (χ2n) is 6.36. The van der Waals surface area contributed by atoms with Gasteiger partial charge in [0.05, 0.1) is 6.61 Å². The lowest BCUT2D eigenvalue weighted by Gasteiger charge is -2.45. The predicted molar refractivity (Wildman–Crippen MR) is 83.0 cm³/mol. The van der Waals surface area contributed by atoms with Crippen LogP contribution in [0.3, 0.4) is 0 Å². The molecule has 2 rings (SSSR count). The van der Waals surface area contributed by atoms with E-state index in [1.807, 2.05) is 0 Å². The van der Waals surface area contributed by atoms with E-state index in [1.165, 1.54) is 14.0 Å². The molecule has 2 fully saturated rings. The average Bonchev–Trinajstić information content (AvgIpc) is 2.64. The zero-order chi connectivity index (χ0) is 20.3. The second kappa shape index (κ2) is 9.52. The SMILES string of the molecule is CO[C@H]1O[C@H](COC(C)=O)[C@@H](O)[C@H](O[C@@H]2O[C@H](CO)[C@H](O)[C@H](O)[C@H]2O)[C@@H]1O. The quantitative estimate of drug-likeness (QED) is 0.238. The summed E-state index contributed by atoms with van der Waals surface area (Å²) < 4.78 is 25.8. The fourth-order valence-corrected chi connectivity index (χ4v) is 2.93. The Morgan fingerprint density at radius 3 is 2.07 bits per heavy atom. The first-order chi connectivity index (χ1) is 12.7. The van der Waals surface area contributed by atoms with Gasteiger partial charge >= 0.3 is 5.97 Å². The van der Waals surface area contributed by atoms with E-state index < -0.39 is 74.0 Å². The average molecular weight is 398 g/mol. The fraction of sp³-hybridized carbons (Fsp3) is 0.933. The van der Waals surface area contributed by atoms with Gasteiger partial charge in [0.2, 0.25) is 0 Å². The molecule has 0 aliphatic carbocycles. The molecule has 12 heteroatoms. The minimum absolute atomic E-state index is 0.350. The number of ether oxygens (including phenoxy) is 5. The van der Waals surface area contributed by atoms with Crippen molar-refractivity contribution >= 4 is 5.97 Å². The number of carbonyl (C=O) groups excluding carboxylic acids is 1. The van der Waals surface area contributed by atoms with Gasteiger partial charge in [0, 0.05) is 14.0 Å². The first-order valence-electron chi connectivity index (χ1n) is 8.35. The molecule has 0 radical (unpaired) electrons. The summed E-state index contributed by atoms with van der Waals surface area (Å²) in [6.45, 7) is 0.150. The van der Waals surface area contributed by atoms with Crippen molar-refractivity contribution in [3.63, 3.8) is 0 Å². The molecule has 2 saturated heterocycles. The van der Waals surface area contributed by atoms with Gasteiger partial charge in [-0.15, -0.1) is 0 Å². The van der Waals surface area contributed by atoms with Crippen molar-refractivity contribution in [1.82, 2.24) is 0 Å². The minimum Gasteiger partial charge on any atom is -0.463 e. The molecule has 6 N–H and O–H groups in total. The van der Waals surface area contributed by atoms with Gasteiger partial charge in [-0.25, -0.2) is 0 Å². The largest absolute Gasteiger partial charge is 0.463 e. The van der Waals surface area contributed by atoms with Crippen molar-refractivity contribution in [3.05, 3.63) is 0 Å². The van der Waals surface area contributed by atoms with Crippen LogP contribution in [-0.4, -0.2) is 118 Å². The van der Waals surface area contributed by atoms with E-state index in [0.717, 1.165) is 0 Å². The summed E-state index contributed by atoms with van der Waals surface area (Å²) >= 11 is 0. The van der Waals surface area contributed by atoms with Gasteiger partial charge in [-0.3, -0.25) is 4.79 Å². The van der Waals surface area contributed by atoms with E-state index in [4.69, 9.17) is 23.7 Å². The maximum absolute atomic E-state index is 11.0. The molecule has 2 heterocycles. The molecule has 0 aromatic carbocycles. The molecule has 2 aliphatic heterocycles. The Hall–Kier alpha value is -0.930. The normalized spacial score (nSPS) is 45.5. The van der Waals surface area contributed by atoms with Crippen LogP contribution in [0.2, 0.25) is 0 Å². The van der Waals surface area contributed by atoms with Crippen molar-refractivity contribution in [3.8, 4) is 0 Å². The van der Waals surface area contributed by atoms with Crippen LogP contribution >= 0.6 is 0 Å². The molecule has 27 heavy (non-hydrogen) atoms. The summed E-state index contributed by atoms with van der Waals surface area (Å²) in [6, 6.07) is 0. The summed E-state index contributed by atoms with van der Waals surface area (Å²) in [5.41, 5.74) is 0. The molecule has 10 atom stereocenters. The Balaban J connectivity index is 2.14. The Labute approximate surface area is 154 Å². The summed E-state index contributed by atoms with van der Waals surface area (Å²) in [4.78, 5) is 11.0. The van der Waals surface area contributed by atoms with Crippen LogP contribution in [0, 0.1) is 0 Å². The van der Waals surface area contributed by atoms with E-state index >= 15 is 0 Å². The number of aliphatic hydroxyl groups excluding tert-OH is 6. The third kappa shape index (κ3) is 4.92. The molecule has 0 aromatic rings. The zero-order valence-electron chi connectivity index (χ0n) is 14.8.